The first kappa shape index (κ1) is 28.4. The Kier molecular flexibility index (Phi) is 9.80. The maximum atomic E-state index is 13.4. The molecule has 0 aliphatic heterocycles. The van der Waals surface area contributed by atoms with Gasteiger partial charge in [0, 0.05) is 18.2 Å². The Hall–Kier alpha value is -3.60. The molecule has 4 nitrogen and oxygen atoms in total. The van der Waals surface area contributed by atoms with Gasteiger partial charge in [0.2, 0.25) is 0 Å². The molecule has 1 N–H and O–H groups in total. The zero-order chi connectivity index (χ0) is 27.8. The third-order valence-electron chi connectivity index (χ3n) is 7.47. The summed E-state index contributed by atoms with van der Waals surface area (Å²) in [6.45, 7) is 8.23. The van der Waals surface area contributed by atoms with Crippen molar-refractivity contribution in [3.8, 4) is 11.3 Å². The topological polar surface area (TPSA) is 54.9 Å². The van der Waals surface area contributed by atoms with Crippen LogP contribution in [0.25, 0.3) is 22.3 Å². The van der Waals surface area contributed by atoms with E-state index < -0.39 is 0 Å². The number of nitrogens with zero attached hydrogens (tertiary/aromatic N) is 2. The number of benzene rings is 2. The summed E-state index contributed by atoms with van der Waals surface area (Å²) in [5.74, 6) is 0.0329. The van der Waals surface area contributed by atoms with Crippen molar-refractivity contribution < 1.29 is 9.18 Å². The zero-order valence-corrected chi connectivity index (χ0v) is 23.5. The monoisotopic (exact) mass is 525 g/mol. The molecule has 0 saturated heterocycles. The normalized spacial score (nSPS) is 15.3. The molecule has 2 aliphatic carbocycles. The maximum absolute atomic E-state index is 13.4. The number of rotatable bonds is 7. The summed E-state index contributed by atoms with van der Waals surface area (Å²) in [5, 5.41) is 2.63. The Labute approximate surface area is 232 Å². The lowest BCUT2D eigenvalue weighted by molar-refractivity contribution is 0.0963. The molecular weight excluding hydrogens is 485 g/mol. The lowest BCUT2D eigenvalue weighted by atomic mass is 9.86. The highest BCUT2D eigenvalue weighted by Gasteiger charge is 2.15. The van der Waals surface area contributed by atoms with Gasteiger partial charge in [-0.2, -0.15) is 0 Å². The van der Waals surface area contributed by atoms with E-state index in [2.05, 4.69) is 31.0 Å². The number of allylic oxidation sites excluding steroid dienone is 5. The van der Waals surface area contributed by atoms with E-state index in [1.807, 2.05) is 6.92 Å². The smallest absolute Gasteiger partial charge is 0.251 e. The summed E-state index contributed by atoms with van der Waals surface area (Å²) in [5.41, 5.74) is 8.96. The fourth-order valence-electron chi connectivity index (χ4n) is 5.43. The van der Waals surface area contributed by atoms with Crippen LogP contribution < -0.4 is 5.32 Å². The number of hydrogen-bond acceptors (Lipinski definition) is 3. The van der Waals surface area contributed by atoms with E-state index in [1.54, 1.807) is 48.5 Å². The van der Waals surface area contributed by atoms with Gasteiger partial charge in [0.15, 0.2) is 0 Å². The van der Waals surface area contributed by atoms with E-state index >= 15 is 0 Å². The van der Waals surface area contributed by atoms with Gasteiger partial charge in [-0.25, -0.2) is 14.4 Å². The average molecular weight is 526 g/mol. The van der Waals surface area contributed by atoms with Gasteiger partial charge in [0.05, 0.1) is 22.4 Å². The second-order valence-corrected chi connectivity index (χ2v) is 10.9. The van der Waals surface area contributed by atoms with Gasteiger partial charge in [-0.3, -0.25) is 4.79 Å². The number of aromatic nitrogens is 2. The summed E-state index contributed by atoms with van der Waals surface area (Å²) in [6.07, 6.45) is 15.6. The molecule has 1 amide bonds. The van der Waals surface area contributed by atoms with Gasteiger partial charge >= 0.3 is 0 Å². The second kappa shape index (κ2) is 13.5. The van der Waals surface area contributed by atoms with Crippen LogP contribution in [0.5, 0.6) is 0 Å². The minimum Gasteiger partial charge on any atom is -0.355 e. The van der Waals surface area contributed by atoms with Crippen molar-refractivity contribution in [1.29, 1.82) is 0 Å². The highest BCUT2D eigenvalue weighted by Crippen LogP contribution is 2.31. The van der Waals surface area contributed by atoms with Crippen LogP contribution in [0, 0.1) is 11.7 Å². The fraction of sp³-hybridized carbons (Fsp3) is 0.382. The Morgan fingerprint density at radius 1 is 1.05 bits per heavy atom. The number of carbonyl (C=O) groups excluding carboxylic acids is 1. The van der Waals surface area contributed by atoms with Gasteiger partial charge in [-0.1, -0.05) is 30.2 Å². The Morgan fingerprint density at radius 2 is 1.82 bits per heavy atom. The van der Waals surface area contributed by atoms with Crippen LogP contribution in [-0.4, -0.2) is 22.9 Å². The van der Waals surface area contributed by atoms with Crippen molar-refractivity contribution in [2.75, 3.05) is 7.05 Å². The van der Waals surface area contributed by atoms with Crippen LogP contribution >= 0.6 is 0 Å². The standard InChI is InChI=1S/C24H26FN3O.C10H14/c1-15(2)13-16(3)5-11-21-23(17-6-9-19(25)10-7-17)28-20-12-8-18(24(29)26-4)14-22(20)27-21;1-2-6-10-8-4-3-7-9(10)5-1/h6-10,12,14,16H,1,5,11,13H2,2-4H3,(H,26,29);1,5H,2-4,6-8H2. The Balaban J connectivity index is 0.000000292. The highest BCUT2D eigenvalue weighted by molar-refractivity contribution is 5.97. The van der Waals surface area contributed by atoms with Crippen molar-refractivity contribution in [3.05, 3.63) is 95.0 Å². The van der Waals surface area contributed by atoms with E-state index in [1.165, 1.54) is 50.7 Å². The van der Waals surface area contributed by atoms with E-state index in [0.29, 0.717) is 22.5 Å². The molecule has 2 aliphatic rings. The molecule has 0 saturated carbocycles. The first-order valence-electron chi connectivity index (χ1n) is 14.1. The van der Waals surface area contributed by atoms with E-state index in [4.69, 9.17) is 9.97 Å². The Bertz CT molecular complexity index is 1390. The lowest BCUT2D eigenvalue weighted by Gasteiger charge is -2.20. The molecule has 2 aromatic carbocycles. The minimum absolute atomic E-state index is 0.159. The SMILES string of the molecule is C1=CC2=C(CC1)CCCC2.C=C(C)CC(C)CCc1nc2cc(C(=O)NC)ccc2nc1-c1ccc(F)cc1. The van der Waals surface area contributed by atoms with E-state index in [9.17, 15) is 9.18 Å². The van der Waals surface area contributed by atoms with Crippen molar-refractivity contribution in [3.63, 3.8) is 0 Å². The predicted molar refractivity (Wildman–Crippen MR) is 159 cm³/mol. The summed E-state index contributed by atoms with van der Waals surface area (Å²) in [7, 11) is 1.60. The first-order chi connectivity index (χ1) is 18.8. The van der Waals surface area contributed by atoms with Crippen LogP contribution in [0.4, 0.5) is 4.39 Å². The molecule has 0 fully saturated rings. The summed E-state index contributed by atoms with van der Waals surface area (Å²) >= 11 is 0. The fourth-order valence-corrected chi connectivity index (χ4v) is 5.43. The van der Waals surface area contributed by atoms with Crippen molar-refractivity contribution in [2.24, 2.45) is 5.92 Å². The summed E-state index contributed by atoms with van der Waals surface area (Å²) in [6, 6.07) is 11.6. The molecular formula is C34H40FN3O. The van der Waals surface area contributed by atoms with Crippen LogP contribution in [0.2, 0.25) is 0 Å². The molecule has 0 radical (unpaired) electrons. The number of hydrogen-bond donors (Lipinski definition) is 1. The molecule has 204 valence electrons. The van der Waals surface area contributed by atoms with Crippen LogP contribution in [0.15, 0.2) is 77.9 Å². The lowest BCUT2D eigenvalue weighted by Crippen LogP contribution is -2.17. The summed E-state index contributed by atoms with van der Waals surface area (Å²) in [4.78, 5) is 21.6. The molecule has 1 unspecified atom stereocenters. The number of aryl methyl sites for hydroxylation is 1. The van der Waals surface area contributed by atoms with Crippen molar-refractivity contribution >= 4 is 16.9 Å². The number of nitrogens with one attached hydrogen (secondary N) is 1. The highest BCUT2D eigenvalue weighted by atomic mass is 19.1. The molecule has 5 heteroatoms. The molecule has 1 atom stereocenters. The zero-order valence-electron chi connectivity index (χ0n) is 23.5. The van der Waals surface area contributed by atoms with Gasteiger partial charge < -0.3 is 5.32 Å². The van der Waals surface area contributed by atoms with Crippen LogP contribution in [-0.2, 0) is 6.42 Å². The van der Waals surface area contributed by atoms with Gasteiger partial charge in [0.1, 0.15) is 5.82 Å². The van der Waals surface area contributed by atoms with Gasteiger partial charge in [0.25, 0.3) is 5.91 Å². The second-order valence-electron chi connectivity index (χ2n) is 10.9. The number of fused-ring (bicyclic) bond motifs is 1. The molecule has 1 heterocycles. The largest absolute Gasteiger partial charge is 0.355 e. The van der Waals surface area contributed by atoms with Crippen LogP contribution in [0.3, 0.4) is 0 Å². The minimum atomic E-state index is -0.283. The number of amides is 1. The van der Waals surface area contributed by atoms with E-state index in [-0.39, 0.29) is 11.7 Å². The molecule has 1 aromatic heterocycles. The quantitative estimate of drug-likeness (QED) is 0.315. The average Bonchev–Trinajstić information content (AvgIpc) is 2.95. The van der Waals surface area contributed by atoms with E-state index in [0.717, 1.165) is 41.8 Å². The van der Waals surface area contributed by atoms with Crippen LogP contribution in [0.1, 0.15) is 81.3 Å². The molecule has 0 spiro atoms. The summed E-state index contributed by atoms with van der Waals surface area (Å²) < 4.78 is 13.4. The molecule has 5 rings (SSSR count). The third-order valence-corrected chi connectivity index (χ3v) is 7.47. The van der Waals surface area contributed by atoms with Gasteiger partial charge in [-0.05, 0) is 119 Å². The van der Waals surface area contributed by atoms with Crippen molar-refractivity contribution in [2.45, 2.75) is 71.6 Å². The molecule has 39 heavy (non-hydrogen) atoms. The first-order valence-corrected chi connectivity index (χ1v) is 14.1. The number of carbonyl (C=O) groups is 1. The Morgan fingerprint density at radius 3 is 2.54 bits per heavy atom. The van der Waals surface area contributed by atoms with Gasteiger partial charge in [-0.15, -0.1) is 6.58 Å². The predicted octanol–water partition coefficient (Wildman–Crippen LogP) is 8.54. The molecule has 3 aromatic rings. The number of halogens is 1. The van der Waals surface area contributed by atoms with Crippen molar-refractivity contribution in [1.82, 2.24) is 15.3 Å². The molecule has 0 bridgehead atoms. The third kappa shape index (κ3) is 7.72. The maximum Gasteiger partial charge on any atom is 0.251 e.